The van der Waals surface area contributed by atoms with Crippen LogP contribution in [0.5, 0.6) is 0 Å². The number of furan rings is 1. The minimum Gasteiger partial charge on any atom is -0.475 e. The van der Waals surface area contributed by atoms with Gasteiger partial charge in [0.15, 0.2) is 0 Å². The second-order valence-corrected chi connectivity index (χ2v) is 7.47. The van der Waals surface area contributed by atoms with Crippen molar-refractivity contribution in [3.05, 3.63) is 64.4 Å². The van der Waals surface area contributed by atoms with Gasteiger partial charge in [-0.05, 0) is 41.3 Å². The number of hydrogen-bond acceptors (Lipinski definition) is 3. The van der Waals surface area contributed by atoms with Gasteiger partial charge in [0.05, 0.1) is 0 Å². The van der Waals surface area contributed by atoms with Gasteiger partial charge in [-0.3, -0.25) is 4.79 Å². The lowest BCUT2D eigenvalue weighted by molar-refractivity contribution is 0.0666. The van der Waals surface area contributed by atoms with E-state index in [1.807, 2.05) is 6.07 Å². The van der Waals surface area contributed by atoms with E-state index in [9.17, 15) is 14.7 Å². The summed E-state index contributed by atoms with van der Waals surface area (Å²) in [6.07, 6.45) is 0. The Balaban J connectivity index is 2.03. The molecule has 0 aliphatic carbocycles. The van der Waals surface area contributed by atoms with E-state index in [2.05, 4.69) is 26.1 Å². The lowest BCUT2D eigenvalue weighted by Crippen LogP contribution is -2.16. The number of aromatic carboxylic acids is 1. The third kappa shape index (κ3) is 3.44. The summed E-state index contributed by atoms with van der Waals surface area (Å²) in [4.78, 5) is 24.2. The normalized spacial score (nSPS) is 11.5. The Morgan fingerprint density at radius 2 is 1.85 bits per heavy atom. The molecule has 3 rings (SSSR count). The highest BCUT2D eigenvalue weighted by molar-refractivity contribution is 6.31. The molecule has 0 aliphatic heterocycles. The largest absolute Gasteiger partial charge is 0.475 e. The number of nitrogens with one attached hydrogen (secondary N) is 1. The summed E-state index contributed by atoms with van der Waals surface area (Å²) < 4.78 is 5.36. The van der Waals surface area contributed by atoms with Gasteiger partial charge in [0.1, 0.15) is 11.3 Å². The first-order valence-electron chi connectivity index (χ1n) is 8.04. The molecule has 0 bridgehead atoms. The molecule has 26 heavy (non-hydrogen) atoms. The lowest BCUT2D eigenvalue weighted by atomic mass is 9.86. The number of carboxylic acids is 1. The minimum absolute atomic E-state index is 0.0983. The Morgan fingerprint density at radius 3 is 2.50 bits per heavy atom. The third-order valence-corrected chi connectivity index (χ3v) is 4.31. The van der Waals surface area contributed by atoms with Crippen LogP contribution in [0.3, 0.4) is 0 Å². The molecular weight excluding hydrogens is 354 g/mol. The first-order valence-corrected chi connectivity index (χ1v) is 8.42. The Bertz CT molecular complexity index is 1010. The van der Waals surface area contributed by atoms with Crippen molar-refractivity contribution in [1.82, 2.24) is 0 Å². The smallest absolute Gasteiger partial charge is 0.374 e. The molecule has 0 saturated carbocycles. The van der Waals surface area contributed by atoms with Crippen LogP contribution in [-0.4, -0.2) is 17.0 Å². The van der Waals surface area contributed by atoms with Crippen molar-refractivity contribution >= 4 is 40.1 Å². The SMILES string of the molecule is CC(C)(C)c1cccc(C(=O)Nc2c(C(=O)O)oc3ccc(Cl)cc23)c1. The van der Waals surface area contributed by atoms with Crippen LogP contribution in [0.4, 0.5) is 5.69 Å². The van der Waals surface area contributed by atoms with Crippen molar-refractivity contribution in [3.8, 4) is 0 Å². The number of anilines is 1. The summed E-state index contributed by atoms with van der Waals surface area (Å²) in [6, 6.07) is 12.0. The van der Waals surface area contributed by atoms with Crippen LogP contribution < -0.4 is 5.32 Å². The lowest BCUT2D eigenvalue weighted by Gasteiger charge is -2.19. The van der Waals surface area contributed by atoms with Crippen molar-refractivity contribution in [2.24, 2.45) is 0 Å². The second kappa shape index (κ2) is 6.50. The molecule has 0 atom stereocenters. The van der Waals surface area contributed by atoms with E-state index < -0.39 is 11.9 Å². The number of hydrogen-bond donors (Lipinski definition) is 2. The number of carbonyl (C=O) groups excluding carboxylic acids is 1. The molecule has 134 valence electrons. The van der Waals surface area contributed by atoms with Gasteiger partial charge >= 0.3 is 5.97 Å². The zero-order chi connectivity index (χ0) is 19.1. The van der Waals surface area contributed by atoms with Gasteiger partial charge in [0.2, 0.25) is 5.76 Å². The van der Waals surface area contributed by atoms with E-state index in [1.54, 1.807) is 36.4 Å². The topological polar surface area (TPSA) is 79.5 Å². The first kappa shape index (κ1) is 18.0. The first-order chi connectivity index (χ1) is 12.2. The van der Waals surface area contributed by atoms with Crippen LogP contribution in [0.1, 0.15) is 47.2 Å². The van der Waals surface area contributed by atoms with E-state index in [0.717, 1.165) is 5.56 Å². The number of carboxylic acid groups (broad SMARTS) is 1. The van der Waals surface area contributed by atoms with Gasteiger partial charge in [0.25, 0.3) is 5.91 Å². The highest BCUT2D eigenvalue weighted by atomic mass is 35.5. The summed E-state index contributed by atoms with van der Waals surface area (Å²) in [5.74, 6) is -2.01. The quantitative estimate of drug-likeness (QED) is 0.651. The number of rotatable bonds is 3. The highest BCUT2D eigenvalue weighted by Crippen LogP contribution is 2.33. The van der Waals surface area contributed by atoms with Crippen LogP contribution in [0.15, 0.2) is 46.9 Å². The van der Waals surface area contributed by atoms with Crippen molar-refractivity contribution in [2.45, 2.75) is 26.2 Å². The minimum atomic E-state index is -1.27. The van der Waals surface area contributed by atoms with Crippen LogP contribution in [-0.2, 0) is 5.41 Å². The summed E-state index contributed by atoms with van der Waals surface area (Å²) in [5.41, 5.74) is 1.76. The van der Waals surface area contributed by atoms with E-state index in [4.69, 9.17) is 16.0 Å². The molecule has 0 spiro atoms. The van der Waals surface area contributed by atoms with Crippen molar-refractivity contribution in [3.63, 3.8) is 0 Å². The summed E-state index contributed by atoms with van der Waals surface area (Å²) in [6.45, 7) is 6.16. The summed E-state index contributed by atoms with van der Waals surface area (Å²) in [5, 5.41) is 12.9. The molecular formula is C20H18ClNO4. The molecule has 0 radical (unpaired) electrons. The molecule has 1 amide bonds. The highest BCUT2D eigenvalue weighted by Gasteiger charge is 2.23. The maximum atomic E-state index is 12.7. The fourth-order valence-corrected chi connectivity index (χ4v) is 2.83. The van der Waals surface area contributed by atoms with Gasteiger partial charge in [-0.1, -0.05) is 44.5 Å². The van der Waals surface area contributed by atoms with Crippen LogP contribution in [0.25, 0.3) is 11.0 Å². The van der Waals surface area contributed by atoms with E-state index >= 15 is 0 Å². The molecule has 1 heterocycles. The molecule has 2 aromatic carbocycles. The summed E-state index contributed by atoms with van der Waals surface area (Å²) in [7, 11) is 0. The van der Waals surface area contributed by atoms with E-state index in [1.165, 1.54) is 0 Å². The number of fused-ring (bicyclic) bond motifs is 1. The van der Waals surface area contributed by atoms with Crippen molar-refractivity contribution in [2.75, 3.05) is 5.32 Å². The average molecular weight is 372 g/mol. The van der Waals surface area contributed by atoms with Crippen molar-refractivity contribution < 1.29 is 19.1 Å². The predicted octanol–water partition coefficient (Wildman–Crippen LogP) is 5.33. The second-order valence-electron chi connectivity index (χ2n) is 7.04. The average Bonchev–Trinajstić information content (AvgIpc) is 2.92. The Hall–Kier alpha value is -2.79. The molecule has 2 N–H and O–H groups in total. The fourth-order valence-electron chi connectivity index (χ4n) is 2.66. The molecule has 0 aliphatic rings. The van der Waals surface area contributed by atoms with E-state index in [-0.39, 0.29) is 16.9 Å². The zero-order valence-electron chi connectivity index (χ0n) is 14.6. The van der Waals surface area contributed by atoms with Gasteiger partial charge in [-0.2, -0.15) is 0 Å². The Kier molecular flexibility index (Phi) is 4.50. The van der Waals surface area contributed by atoms with Crippen LogP contribution in [0, 0.1) is 0 Å². The number of halogens is 1. The standard InChI is InChI=1S/C20H18ClNO4/c1-20(2,3)12-6-4-5-11(9-12)18(23)22-16-14-10-13(21)7-8-15(14)26-17(16)19(24)25/h4-10H,1-3H3,(H,22,23)(H,24,25). The van der Waals surface area contributed by atoms with Crippen LogP contribution in [0.2, 0.25) is 5.02 Å². The summed E-state index contributed by atoms with van der Waals surface area (Å²) >= 11 is 6.00. The maximum Gasteiger partial charge on any atom is 0.374 e. The molecule has 0 unspecified atom stereocenters. The molecule has 5 nitrogen and oxygen atoms in total. The van der Waals surface area contributed by atoms with Gasteiger partial charge in [-0.15, -0.1) is 0 Å². The predicted molar refractivity (Wildman–Crippen MR) is 101 cm³/mol. The fraction of sp³-hybridized carbons (Fsp3) is 0.200. The number of carbonyl (C=O) groups is 2. The molecule has 3 aromatic rings. The van der Waals surface area contributed by atoms with Gasteiger partial charge in [0, 0.05) is 16.0 Å². The zero-order valence-corrected chi connectivity index (χ0v) is 15.3. The van der Waals surface area contributed by atoms with Crippen LogP contribution >= 0.6 is 11.6 Å². The number of amides is 1. The van der Waals surface area contributed by atoms with Gasteiger partial charge < -0.3 is 14.8 Å². The van der Waals surface area contributed by atoms with Gasteiger partial charge in [-0.25, -0.2) is 4.79 Å². The molecule has 0 fully saturated rings. The number of benzene rings is 2. The Morgan fingerprint density at radius 1 is 1.12 bits per heavy atom. The molecule has 6 heteroatoms. The van der Waals surface area contributed by atoms with Crippen molar-refractivity contribution in [1.29, 1.82) is 0 Å². The molecule has 0 saturated heterocycles. The van der Waals surface area contributed by atoms with E-state index in [0.29, 0.717) is 21.6 Å². The molecule has 1 aromatic heterocycles. The monoisotopic (exact) mass is 371 g/mol. The third-order valence-electron chi connectivity index (χ3n) is 4.07. The Labute approximate surface area is 155 Å². The maximum absolute atomic E-state index is 12.7.